The van der Waals surface area contributed by atoms with Crippen LogP contribution in [0.25, 0.3) is 0 Å². The third kappa shape index (κ3) is 5.41. The Kier molecular flexibility index (Phi) is 6.85. The van der Waals surface area contributed by atoms with Crippen molar-refractivity contribution in [1.29, 1.82) is 0 Å². The van der Waals surface area contributed by atoms with Gasteiger partial charge < -0.3 is 0 Å². The zero-order chi connectivity index (χ0) is 15.0. The van der Waals surface area contributed by atoms with Crippen LogP contribution in [0.4, 0.5) is 0 Å². The Morgan fingerprint density at radius 1 is 0.545 bits per heavy atom. The second-order valence-corrected chi connectivity index (χ2v) is 9.19. The number of hydrogen-bond donors (Lipinski definition) is 0. The summed E-state index contributed by atoms with van der Waals surface area (Å²) < 4.78 is 0. The van der Waals surface area contributed by atoms with E-state index in [0.717, 1.165) is 43.1 Å². The molecule has 2 aromatic heterocycles. The van der Waals surface area contributed by atoms with Crippen molar-refractivity contribution >= 4 is 47.0 Å². The number of pyridine rings is 2. The van der Waals surface area contributed by atoms with Crippen molar-refractivity contribution in [3.63, 3.8) is 0 Å². The van der Waals surface area contributed by atoms with Gasteiger partial charge in [0, 0.05) is 23.0 Å². The lowest BCUT2D eigenvalue weighted by Crippen LogP contribution is -1.92. The second kappa shape index (κ2) is 9.11. The maximum atomic E-state index is 4.73. The smallest absolute Gasteiger partial charge is 0.0973 e. The Balaban J connectivity index is 1.65. The van der Waals surface area contributed by atoms with E-state index in [2.05, 4.69) is 36.4 Å². The molecule has 22 heavy (non-hydrogen) atoms. The minimum Gasteiger partial charge on any atom is -0.235 e. The lowest BCUT2D eigenvalue weighted by molar-refractivity contribution is 0.984. The number of fused-ring (bicyclic) bond motifs is 4. The van der Waals surface area contributed by atoms with Crippen LogP contribution in [0.2, 0.25) is 0 Å². The summed E-state index contributed by atoms with van der Waals surface area (Å²) >= 11 is 7.43. The van der Waals surface area contributed by atoms with E-state index in [0.29, 0.717) is 0 Å². The summed E-state index contributed by atoms with van der Waals surface area (Å²) in [6.45, 7) is 0. The van der Waals surface area contributed by atoms with Crippen LogP contribution < -0.4 is 0 Å². The van der Waals surface area contributed by atoms with Gasteiger partial charge in [0.2, 0.25) is 0 Å². The van der Waals surface area contributed by atoms with E-state index >= 15 is 0 Å². The molecular formula is C16H18N2S4. The molecule has 0 saturated heterocycles. The van der Waals surface area contributed by atoms with Crippen molar-refractivity contribution in [3.8, 4) is 0 Å². The molecule has 3 heterocycles. The number of aromatic nitrogens is 2. The largest absolute Gasteiger partial charge is 0.235 e. The minimum atomic E-state index is 1.11. The molecule has 116 valence electrons. The Morgan fingerprint density at radius 3 is 1.18 bits per heavy atom. The van der Waals surface area contributed by atoms with Gasteiger partial charge in [0.15, 0.2) is 0 Å². The monoisotopic (exact) mass is 366 g/mol. The fourth-order valence-electron chi connectivity index (χ4n) is 1.94. The quantitative estimate of drug-likeness (QED) is 0.624. The molecule has 4 bridgehead atoms. The van der Waals surface area contributed by atoms with Crippen molar-refractivity contribution < 1.29 is 0 Å². The first-order valence-electron chi connectivity index (χ1n) is 7.35. The zero-order valence-electron chi connectivity index (χ0n) is 12.2. The zero-order valence-corrected chi connectivity index (χ0v) is 15.5. The van der Waals surface area contributed by atoms with Gasteiger partial charge in [-0.05, 0) is 37.1 Å². The van der Waals surface area contributed by atoms with E-state index in [4.69, 9.17) is 9.97 Å². The standard InChI is InChI=1S/C16H18N2S4/c1-5-13-17-14(6-1)20-10-4-12-22-16-8-2-7-15(18-16)21-11-3-9-19-13/h1-2,5-8H,3-4,9-12H2. The highest BCUT2D eigenvalue weighted by Crippen LogP contribution is 2.26. The van der Waals surface area contributed by atoms with Crippen molar-refractivity contribution in [2.75, 3.05) is 23.0 Å². The van der Waals surface area contributed by atoms with E-state index in [1.165, 1.54) is 12.8 Å². The van der Waals surface area contributed by atoms with Gasteiger partial charge in [-0.1, -0.05) is 12.1 Å². The fraction of sp³-hybridized carbons (Fsp3) is 0.375. The van der Waals surface area contributed by atoms with E-state index in [1.54, 1.807) is 0 Å². The van der Waals surface area contributed by atoms with E-state index in [9.17, 15) is 0 Å². The van der Waals surface area contributed by atoms with Crippen LogP contribution in [-0.4, -0.2) is 33.0 Å². The van der Waals surface area contributed by atoms with E-state index < -0.39 is 0 Å². The van der Waals surface area contributed by atoms with Gasteiger partial charge in [-0.3, -0.25) is 0 Å². The molecule has 0 spiro atoms. The summed E-state index contributed by atoms with van der Waals surface area (Å²) in [5.41, 5.74) is 0. The predicted octanol–water partition coefficient (Wildman–Crippen LogP) is 5.34. The highest BCUT2D eigenvalue weighted by molar-refractivity contribution is 8.00. The summed E-state index contributed by atoms with van der Waals surface area (Å²) in [5.74, 6) is 4.45. The summed E-state index contributed by atoms with van der Waals surface area (Å²) in [5, 5.41) is 4.60. The first kappa shape index (κ1) is 16.6. The van der Waals surface area contributed by atoms with Crippen LogP contribution >= 0.6 is 47.0 Å². The average molecular weight is 367 g/mol. The normalized spacial score (nSPS) is 17.1. The number of rotatable bonds is 0. The molecule has 0 fully saturated rings. The third-order valence-electron chi connectivity index (χ3n) is 2.97. The van der Waals surface area contributed by atoms with E-state index in [-0.39, 0.29) is 0 Å². The Labute approximate surface area is 149 Å². The molecule has 0 atom stereocenters. The molecule has 2 nitrogen and oxygen atoms in total. The number of thioether (sulfide) groups is 4. The SMILES string of the molecule is c1cc2nc(c1)SCCCSc1cccc(n1)SCCCS2. The molecule has 0 unspecified atom stereocenters. The van der Waals surface area contributed by atoms with Crippen molar-refractivity contribution in [1.82, 2.24) is 9.97 Å². The molecule has 0 saturated carbocycles. The van der Waals surface area contributed by atoms with Crippen LogP contribution in [0, 0.1) is 0 Å². The Hall–Kier alpha value is -0.300. The molecular weight excluding hydrogens is 348 g/mol. The molecule has 3 rings (SSSR count). The van der Waals surface area contributed by atoms with Gasteiger partial charge in [0.1, 0.15) is 0 Å². The lowest BCUT2D eigenvalue weighted by Gasteiger charge is -2.07. The first-order valence-corrected chi connectivity index (χ1v) is 11.3. The highest BCUT2D eigenvalue weighted by atomic mass is 32.2. The van der Waals surface area contributed by atoms with Crippen molar-refractivity contribution in [2.24, 2.45) is 0 Å². The molecule has 1 aliphatic heterocycles. The lowest BCUT2D eigenvalue weighted by atomic mass is 10.5. The summed E-state index contributed by atoms with van der Waals surface area (Å²) in [4.78, 5) is 9.45. The molecule has 0 N–H and O–H groups in total. The maximum Gasteiger partial charge on any atom is 0.0973 e. The number of hydrogen-bond acceptors (Lipinski definition) is 6. The molecule has 0 aliphatic carbocycles. The molecule has 0 aromatic carbocycles. The Morgan fingerprint density at radius 2 is 0.864 bits per heavy atom. The third-order valence-corrected chi connectivity index (χ3v) is 7.04. The minimum absolute atomic E-state index is 1.11. The summed E-state index contributed by atoms with van der Waals surface area (Å²) in [7, 11) is 0. The molecule has 0 amide bonds. The topological polar surface area (TPSA) is 25.8 Å². The van der Waals surface area contributed by atoms with E-state index in [1.807, 2.05) is 47.0 Å². The maximum absolute atomic E-state index is 4.73. The molecule has 1 aliphatic rings. The van der Waals surface area contributed by atoms with Crippen molar-refractivity contribution in [3.05, 3.63) is 36.4 Å². The van der Waals surface area contributed by atoms with Gasteiger partial charge in [0.05, 0.1) is 20.1 Å². The second-order valence-electron chi connectivity index (χ2n) is 4.73. The Bertz CT molecular complexity index is 510. The highest BCUT2D eigenvalue weighted by Gasteiger charge is 2.04. The van der Waals surface area contributed by atoms with Gasteiger partial charge in [-0.15, -0.1) is 47.0 Å². The summed E-state index contributed by atoms with van der Waals surface area (Å²) in [6, 6.07) is 12.7. The van der Waals surface area contributed by atoms with Crippen LogP contribution in [0.5, 0.6) is 0 Å². The van der Waals surface area contributed by atoms with Gasteiger partial charge in [-0.25, -0.2) is 9.97 Å². The molecule has 6 heteroatoms. The molecule has 0 radical (unpaired) electrons. The van der Waals surface area contributed by atoms with Crippen LogP contribution in [0.3, 0.4) is 0 Å². The van der Waals surface area contributed by atoms with Gasteiger partial charge in [0.25, 0.3) is 0 Å². The number of nitrogens with zero attached hydrogens (tertiary/aromatic N) is 2. The van der Waals surface area contributed by atoms with Crippen molar-refractivity contribution in [2.45, 2.75) is 32.9 Å². The van der Waals surface area contributed by atoms with Crippen LogP contribution in [0.1, 0.15) is 12.8 Å². The van der Waals surface area contributed by atoms with Gasteiger partial charge >= 0.3 is 0 Å². The first-order chi connectivity index (χ1) is 10.9. The average Bonchev–Trinajstić information content (AvgIpc) is 2.54. The summed E-state index contributed by atoms with van der Waals surface area (Å²) in [6.07, 6.45) is 2.35. The fourth-order valence-corrected chi connectivity index (χ4v) is 5.76. The molecule has 2 aromatic rings. The van der Waals surface area contributed by atoms with Crippen LogP contribution in [-0.2, 0) is 0 Å². The van der Waals surface area contributed by atoms with Crippen LogP contribution in [0.15, 0.2) is 56.5 Å². The van der Waals surface area contributed by atoms with Gasteiger partial charge in [-0.2, -0.15) is 0 Å². The predicted molar refractivity (Wildman–Crippen MR) is 101 cm³/mol.